The number of carbonyl (C=O) groups is 2. The quantitative estimate of drug-likeness (QED) is 0.425. The lowest BCUT2D eigenvalue weighted by molar-refractivity contribution is 0.0527. The smallest absolute Gasteiger partial charge is 0.340 e. The third-order valence-corrected chi connectivity index (χ3v) is 3.67. The average Bonchev–Trinajstić information content (AvgIpc) is 2.62. The Hall–Kier alpha value is -3.02. The van der Waals surface area contributed by atoms with E-state index in [1.165, 1.54) is 12.1 Å². The maximum Gasteiger partial charge on any atom is 0.340 e. The van der Waals surface area contributed by atoms with Gasteiger partial charge in [0.2, 0.25) is 0 Å². The van der Waals surface area contributed by atoms with Crippen molar-refractivity contribution in [3.05, 3.63) is 53.6 Å². The highest BCUT2D eigenvalue weighted by molar-refractivity contribution is 6.09. The number of unbranched alkanes of at least 4 members (excludes halogenated alkanes) is 1. The van der Waals surface area contributed by atoms with Gasteiger partial charge in [0.15, 0.2) is 0 Å². The number of anilines is 2. The molecule has 0 aliphatic carbocycles. The van der Waals surface area contributed by atoms with Crippen molar-refractivity contribution in [2.24, 2.45) is 0 Å². The predicted octanol–water partition coefficient (Wildman–Crippen LogP) is 3.88. The molecule has 0 saturated heterocycles. The molecule has 0 unspecified atom stereocenters. The van der Waals surface area contributed by atoms with E-state index in [1.54, 1.807) is 31.2 Å². The van der Waals surface area contributed by atoms with Gasteiger partial charge >= 0.3 is 5.97 Å². The molecule has 26 heavy (non-hydrogen) atoms. The lowest BCUT2D eigenvalue weighted by Crippen LogP contribution is -2.17. The van der Waals surface area contributed by atoms with E-state index >= 15 is 0 Å². The zero-order chi connectivity index (χ0) is 18.9. The van der Waals surface area contributed by atoms with E-state index < -0.39 is 5.97 Å². The topological polar surface area (TPSA) is 90.6 Å². The minimum absolute atomic E-state index is 0.241. The second kappa shape index (κ2) is 9.46. The van der Waals surface area contributed by atoms with Crippen LogP contribution in [-0.4, -0.2) is 25.1 Å². The molecule has 0 atom stereocenters. The van der Waals surface area contributed by atoms with Gasteiger partial charge in [-0.25, -0.2) is 4.79 Å². The molecule has 3 N–H and O–H groups in total. The number of amides is 1. The van der Waals surface area contributed by atoms with Gasteiger partial charge in [0.1, 0.15) is 5.75 Å². The van der Waals surface area contributed by atoms with Crippen LogP contribution in [0.5, 0.6) is 5.75 Å². The van der Waals surface area contributed by atoms with Crippen molar-refractivity contribution in [3.63, 3.8) is 0 Å². The van der Waals surface area contributed by atoms with Crippen LogP contribution in [0.25, 0.3) is 0 Å². The molecule has 6 heteroatoms. The Morgan fingerprint density at radius 1 is 1.08 bits per heavy atom. The van der Waals surface area contributed by atoms with Gasteiger partial charge in [0, 0.05) is 5.69 Å². The van der Waals surface area contributed by atoms with Crippen LogP contribution in [0.15, 0.2) is 42.5 Å². The molecule has 6 nitrogen and oxygen atoms in total. The van der Waals surface area contributed by atoms with E-state index in [-0.39, 0.29) is 18.1 Å². The van der Waals surface area contributed by atoms with Gasteiger partial charge in [0.25, 0.3) is 5.91 Å². The standard InChI is InChI=1S/C20H24N2O4/c1-3-5-12-26-18-9-7-6-8-16(18)19(23)22-17-13-14(21)10-11-15(17)20(24)25-4-2/h6-11,13H,3-5,12,21H2,1-2H3,(H,22,23). The number of nitrogen functional groups attached to an aromatic ring is 1. The predicted molar refractivity (Wildman–Crippen MR) is 102 cm³/mol. The van der Waals surface area contributed by atoms with E-state index in [0.717, 1.165) is 12.8 Å². The summed E-state index contributed by atoms with van der Waals surface area (Å²) < 4.78 is 10.7. The van der Waals surface area contributed by atoms with Crippen LogP contribution in [0.1, 0.15) is 47.4 Å². The van der Waals surface area contributed by atoms with Crippen LogP contribution in [0.4, 0.5) is 11.4 Å². The molecular weight excluding hydrogens is 332 g/mol. The lowest BCUT2D eigenvalue weighted by atomic mass is 10.1. The number of nitrogens with two attached hydrogens (primary N) is 1. The Labute approximate surface area is 153 Å². The van der Waals surface area contributed by atoms with Crippen LogP contribution in [0.3, 0.4) is 0 Å². The number of benzene rings is 2. The van der Waals surface area contributed by atoms with E-state index in [0.29, 0.717) is 29.3 Å². The summed E-state index contributed by atoms with van der Waals surface area (Å²) >= 11 is 0. The minimum Gasteiger partial charge on any atom is -0.493 e. The molecule has 0 aliphatic rings. The molecule has 2 rings (SSSR count). The molecule has 0 saturated carbocycles. The minimum atomic E-state index is -0.518. The van der Waals surface area contributed by atoms with Crippen LogP contribution in [0.2, 0.25) is 0 Å². The van der Waals surface area contributed by atoms with Crippen LogP contribution in [0, 0.1) is 0 Å². The SMILES string of the molecule is CCCCOc1ccccc1C(=O)Nc1cc(N)ccc1C(=O)OCC. The van der Waals surface area contributed by atoms with E-state index in [2.05, 4.69) is 12.2 Å². The molecule has 2 aromatic carbocycles. The highest BCUT2D eigenvalue weighted by Crippen LogP contribution is 2.24. The average molecular weight is 356 g/mol. The van der Waals surface area contributed by atoms with Gasteiger partial charge < -0.3 is 20.5 Å². The van der Waals surface area contributed by atoms with Crippen molar-refractivity contribution >= 4 is 23.3 Å². The fourth-order valence-corrected chi connectivity index (χ4v) is 2.35. The van der Waals surface area contributed by atoms with Crippen molar-refractivity contribution < 1.29 is 19.1 Å². The Morgan fingerprint density at radius 3 is 2.58 bits per heavy atom. The highest BCUT2D eigenvalue weighted by Gasteiger charge is 2.18. The number of nitrogens with one attached hydrogen (secondary N) is 1. The van der Waals surface area contributed by atoms with Crippen molar-refractivity contribution in [3.8, 4) is 5.75 Å². The maximum atomic E-state index is 12.7. The monoisotopic (exact) mass is 356 g/mol. The number of ether oxygens (including phenoxy) is 2. The summed E-state index contributed by atoms with van der Waals surface area (Å²) in [7, 11) is 0. The number of hydrogen-bond acceptors (Lipinski definition) is 5. The molecular formula is C20H24N2O4. The summed E-state index contributed by atoms with van der Waals surface area (Å²) in [5.41, 5.74) is 7.17. The molecule has 138 valence electrons. The van der Waals surface area contributed by atoms with Crippen molar-refractivity contribution in [1.29, 1.82) is 0 Å². The molecule has 0 bridgehead atoms. The van der Waals surface area contributed by atoms with Gasteiger partial charge in [-0.05, 0) is 43.7 Å². The van der Waals surface area contributed by atoms with Crippen molar-refractivity contribution in [1.82, 2.24) is 0 Å². The molecule has 2 aromatic rings. The van der Waals surface area contributed by atoms with Gasteiger partial charge in [-0.2, -0.15) is 0 Å². The Kier molecular flexibility index (Phi) is 7.02. The Morgan fingerprint density at radius 2 is 1.85 bits per heavy atom. The second-order valence-corrected chi connectivity index (χ2v) is 5.68. The number of para-hydroxylation sites is 1. The first kappa shape index (κ1) is 19.3. The largest absolute Gasteiger partial charge is 0.493 e. The van der Waals surface area contributed by atoms with Gasteiger partial charge in [-0.15, -0.1) is 0 Å². The zero-order valence-electron chi connectivity index (χ0n) is 15.1. The first-order chi connectivity index (χ1) is 12.6. The van der Waals surface area contributed by atoms with E-state index in [1.807, 2.05) is 6.07 Å². The first-order valence-electron chi connectivity index (χ1n) is 8.66. The Bertz CT molecular complexity index is 774. The van der Waals surface area contributed by atoms with Gasteiger partial charge in [0.05, 0.1) is 30.0 Å². The van der Waals surface area contributed by atoms with Gasteiger partial charge in [-0.1, -0.05) is 25.5 Å². The van der Waals surface area contributed by atoms with Crippen molar-refractivity contribution in [2.45, 2.75) is 26.7 Å². The lowest BCUT2D eigenvalue weighted by Gasteiger charge is -2.14. The molecule has 0 fully saturated rings. The summed E-state index contributed by atoms with van der Waals surface area (Å²) in [6.07, 6.45) is 1.90. The molecule has 0 aromatic heterocycles. The number of esters is 1. The van der Waals surface area contributed by atoms with Crippen LogP contribution in [-0.2, 0) is 4.74 Å². The molecule has 0 radical (unpaired) electrons. The normalized spacial score (nSPS) is 10.2. The summed E-state index contributed by atoms with van der Waals surface area (Å²) in [6.45, 7) is 4.56. The van der Waals surface area contributed by atoms with E-state index in [9.17, 15) is 9.59 Å². The third-order valence-electron chi connectivity index (χ3n) is 3.67. The molecule has 0 spiro atoms. The van der Waals surface area contributed by atoms with E-state index in [4.69, 9.17) is 15.2 Å². The third kappa shape index (κ3) is 4.99. The number of hydrogen-bond donors (Lipinski definition) is 2. The fraction of sp³-hybridized carbons (Fsp3) is 0.300. The summed E-state index contributed by atoms with van der Waals surface area (Å²) in [4.78, 5) is 24.8. The molecule has 0 heterocycles. The highest BCUT2D eigenvalue weighted by atomic mass is 16.5. The zero-order valence-corrected chi connectivity index (χ0v) is 15.1. The maximum absolute atomic E-state index is 12.7. The van der Waals surface area contributed by atoms with Crippen molar-refractivity contribution in [2.75, 3.05) is 24.3 Å². The molecule has 0 aliphatic heterocycles. The fourth-order valence-electron chi connectivity index (χ4n) is 2.35. The van der Waals surface area contributed by atoms with Gasteiger partial charge in [-0.3, -0.25) is 4.79 Å². The Balaban J connectivity index is 2.25. The second-order valence-electron chi connectivity index (χ2n) is 5.68. The summed E-state index contributed by atoms with van der Waals surface area (Å²) in [5, 5.41) is 2.74. The summed E-state index contributed by atoms with van der Waals surface area (Å²) in [5.74, 6) is -0.399. The van der Waals surface area contributed by atoms with Crippen LogP contribution < -0.4 is 15.8 Å². The van der Waals surface area contributed by atoms with Crippen LogP contribution >= 0.6 is 0 Å². The number of rotatable bonds is 8. The first-order valence-corrected chi connectivity index (χ1v) is 8.66. The molecule has 1 amide bonds. The number of carbonyl (C=O) groups excluding carboxylic acids is 2. The summed E-state index contributed by atoms with van der Waals surface area (Å²) in [6, 6.07) is 11.6.